The minimum Gasteiger partial charge on any atom is -0.493 e. The maximum absolute atomic E-state index is 12.9. The Labute approximate surface area is 159 Å². The van der Waals surface area contributed by atoms with Gasteiger partial charge in [0.25, 0.3) is 0 Å². The number of aromatic nitrogens is 4. The van der Waals surface area contributed by atoms with Crippen LogP contribution in [-0.2, 0) is 20.7 Å². The zero-order chi connectivity index (χ0) is 19.0. The predicted molar refractivity (Wildman–Crippen MR) is 97.0 cm³/mol. The van der Waals surface area contributed by atoms with E-state index in [1.54, 1.807) is 44.0 Å². The number of halogens is 2. The van der Waals surface area contributed by atoms with Crippen molar-refractivity contribution >= 4 is 29.0 Å². The number of ether oxygens (including phenoxy) is 1. The number of rotatable bonds is 5. The average Bonchev–Trinajstić information content (AvgIpc) is 3.10. The van der Waals surface area contributed by atoms with Crippen molar-refractivity contribution in [2.24, 2.45) is 14.1 Å². The number of hydrogen-bond donors (Lipinski definition) is 1. The van der Waals surface area contributed by atoms with Gasteiger partial charge in [-0.15, -0.1) is 0 Å². The fraction of sp³-hybridized carbons (Fsp3) is 0.235. The zero-order valence-electron chi connectivity index (χ0n) is 14.3. The molecule has 0 amide bonds. The van der Waals surface area contributed by atoms with Gasteiger partial charge in [0, 0.05) is 36.3 Å². The second kappa shape index (κ2) is 7.01. The average molecular weight is 395 g/mol. The van der Waals surface area contributed by atoms with Gasteiger partial charge in [0.1, 0.15) is 12.2 Å². The Morgan fingerprint density at radius 3 is 2.54 bits per heavy atom. The Morgan fingerprint density at radius 1 is 1.23 bits per heavy atom. The van der Waals surface area contributed by atoms with E-state index in [0.717, 1.165) is 0 Å². The van der Waals surface area contributed by atoms with E-state index in [9.17, 15) is 9.90 Å². The second-order valence-electron chi connectivity index (χ2n) is 5.71. The first-order chi connectivity index (χ1) is 12.3. The first kappa shape index (κ1) is 18.3. The largest absolute Gasteiger partial charge is 0.493 e. The highest BCUT2D eigenvalue weighted by Crippen LogP contribution is 2.33. The van der Waals surface area contributed by atoms with E-state index in [0.29, 0.717) is 22.2 Å². The number of carbonyl (C=O) groups excluding carboxylic acids is 1. The van der Waals surface area contributed by atoms with Gasteiger partial charge in [-0.2, -0.15) is 10.2 Å². The van der Waals surface area contributed by atoms with Gasteiger partial charge in [-0.1, -0.05) is 23.2 Å². The highest BCUT2D eigenvalue weighted by atomic mass is 35.5. The molecule has 0 spiro atoms. The number of ketones is 1. The molecule has 0 fully saturated rings. The molecule has 0 saturated carbocycles. The zero-order valence-corrected chi connectivity index (χ0v) is 15.8. The molecule has 1 aromatic carbocycles. The third-order valence-corrected chi connectivity index (χ3v) is 4.78. The molecular weight excluding hydrogens is 379 g/mol. The van der Waals surface area contributed by atoms with E-state index >= 15 is 0 Å². The molecule has 0 aliphatic heterocycles. The minimum absolute atomic E-state index is 0.0658. The topological polar surface area (TPSA) is 82.2 Å². The van der Waals surface area contributed by atoms with E-state index in [4.69, 9.17) is 27.9 Å². The quantitative estimate of drug-likeness (QED) is 0.671. The van der Waals surface area contributed by atoms with E-state index in [-0.39, 0.29) is 28.6 Å². The molecule has 0 aliphatic carbocycles. The minimum atomic E-state index is -0.434. The lowest BCUT2D eigenvalue weighted by Crippen LogP contribution is -2.07. The third-order valence-electron chi connectivity index (χ3n) is 3.99. The molecule has 0 radical (unpaired) electrons. The summed E-state index contributed by atoms with van der Waals surface area (Å²) >= 11 is 12.7. The molecular formula is C17H16Cl2N4O3. The van der Waals surface area contributed by atoms with E-state index < -0.39 is 5.78 Å². The molecule has 3 aromatic rings. The van der Waals surface area contributed by atoms with Gasteiger partial charge in [0.2, 0.25) is 17.5 Å². The summed E-state index contributed by atoms with van der Waals surface area (Å²) in [6.07, 6.45) is 1.60. The van der Waals surface area contributed by atoms with E-state index in [1.807, 2.05) is 0 Å². The highest BCUT2D eigenvalue weighted by molar-refractivity contribution is 6.39. The summed E-state index contributed by atoms with van der Waals surface area (Å²) in [5, 5.41) is 18.7. The Hall–Kier alpha value is -2.51. The SMILES string of the molecule is Cc1nn(C)c(O)c1C(=O)c1ccc(Cl)c(COc2ccnn2C)c1Cl. The first-order valence-electron chi connectivity index (χ1n) is 7.66. The predicted octanol–water partition coefficient (Wildman–Crippen LogP) is 3.28. The van der Waals surface area contributed by atoms with Crippen molar-refractivity contribution in [3.05, 3.63) is 56.8 Å². The Morgan fingerprint density at radius 2 is 1.96 bits per heavy atom. The smallest absolute Gasteiger partial charge is 0.220 e. The summed E-state index contributed by atoms with van der Waals surface area (Å²) in [4.78, 5) is 12.9. The van der Waals surface area contributed by atoms with Crippen LogP contribution in [0, 0.1) is 6.92 Å². The molecule has 26 heavy (non-hydrogen) atoms. The van der Waals surface area contributed by atoms with Crippen LogP contribution in [0.15, 0.2) is 24.4 Å². The number of aryl methyl sites for hydroxylation is 3. The van der Waals surface area contributed by atoms with Crippen LogP contribution in [0.2, 0.25) is 10.0 Å². The molecule has 0 saturated heterocycles. The normalized spacial score (nSPS) is 11.0. The van der Waals surface area contributed by atoms with Gasteiger partial charge in [-0.05, 0) is 19.1 Å². The lowest BCUT2D eigenvalue weighted by Gasteiger charge is -2.12. The summed E-state index contributed by atoms with van der Waals surface area (Å²) in [7, 11) is 3.29. The molecule has 7 nitrogen and oxygen atoms in total. The Kier molecular flexibility index (Phi) is 4.93. The van der Waals surface area contributed by atoms with Crippen LogP contribution in [0.25, 0.3) is 0 Å². The van der Waals surface area contributed by atoms with Gasteiger partial charge in [-0.25, -0.2) is 9.36 Å². The number of carbonyl (C=O) groups is 1. The van der Waals surface area contributed by atoms with E-state index in [1.165, 1.54) is 10.7 Å². The first-order valence-corrected chi connectivity index (χ1v) is 8.41. The molecule has 0 unspecified atom stereocenters. The van der Waals surface area contributed by atoms with Gasteiger partial charge in [-0.3, -0.25) is 4.79 Å². The summed E-state index contributed by atoms with van der Waals surface area (Å²) in [5.41, 5.74) is 1.21. The fourth-order valence-electron chi connectivity index (χ4n) is 2.60. The van der Waals surface area contributed by atoms with Crippen LogP contribution in [0.4, 0.5) is 0 Å². The molecule has 0 bridgehead atoms. The monoisotopic (exact) mass is 394 g/mol. The number of benzene rings is 1. The van der Waals surface area contributed by atoms with Gasteiger partial charge in [0.05, 0.1) is 16.9 Å². The van der Waals surface area contributed by atoms with Gasteiger partial charge >= 0.3 is 0 Å². The Bertz CT molecular complexity index is 994. The van der Waals surface area contributed by atoms with Crippen molar-refractivity contribution in [3.63, 3.8) is 0 Å². The fourth-order valence-corrected chi connectivity index (χ4v) is 3.17. The lowest BCUT2D eigenvalue weighted by atomic mass is 10.0. The van der Waals surface area contributed by atoms with Crippen molar-refractivity contribution in [1.82, 2.24) is 19.6 Å². The van der Waals surface area contributed by atoms with Crippen molar-refractivity contribution in [1.29, 1.82) is 0 Å². The number of aromatic hydroxyl groups is 1. The van der Waals surface area contributed by atoms with Crippen molar-refractivity contribution < 1.29 is 14.6 Å². The van der Waals surface area contributed by atoms with Crippen LogP contribution in [0.1, 0.15) is 27.2 Å². The van der Waals surface area contributed by atoms with Crippen molar-refractivity contribution in [2.75, 3.05) is 0 Å². The van der Waals surface area contributed by atoms with Crippen LogP contribution >= 0.6 is 23.2 Å². The molecule has 3 rings (SSSR count). The second-order valence-corrected chi connectivity index (χ2v) is 6.49. The molecule has 0 aliphatic rings. The molecule has 0 atom stereocenters. The number of hydrogen-bond acceptors (Lipinski definition) is 5. The summed E-state index contributed by atoms with van der Waals surface area (Å²) < 4.78 is 8.47. The van der Waals surface area contributed by atoms with Crippen LogP contribution in [0.3, 0.4) is 0 Å². The number of nitrogens with zero attached hydrogens (tertiary/aromatic N) is 4. The van der Waals surface area contributed by atoms with Gasteiger partial charge in [0.15, 0.2) is 0 Å². The Balaban J connectivity index is 1.96. The van der Waals surface area contributed by atoms with Crippen LogP contribution in [-0.4, -0.2) is 30.5 Å². The summed E-state index contributed by atoms with van der Waals surface area (Å²) in [5.74, 6) is -0.114. The van der Waals surface area contributed by atoms with Crippen molar-refractivity contribution in [3.8, 4) is 11.8 Å². The molecule has 9 heteroatoms. The summed E-state index contributed by atoms with van der Waals surface area (Å²) in [6, 6.07) is 4.80. The van der Waals surface area contributed by atoms with Crippen LogP contribution < -0.4 is 4.74 Å². The van der Waals surface area contributed by atoms with E-state index in [2.05, 4.69) is 10.2 Å². The summed E-state index contributed by atoms with van der Waals surface area (Å²) in [6.45, 7) is 1.71. The third kappa shape index (κ3) is 3.15. The highest BCUT2D eigenvalue weighted by Gasteiger charge is 2.25. The standard InChI is InChI=1S/C17H16Cl2N4O3/c1-9-14(17(25)23(3)21-9)16(24)10-4-5-12(18)11(15(10)19)8-26-13-6-7-20-22(13)2/h4-7,25H,8H2,1-3H3. The molecule has 2 heterocycles. The molecule has 2 aromatic heterocycles. The maximum Gasteiger partial charge on any atom is 0.220 e. The maximum atomic E-state index is 12.9. The lowest BCUT2D eigenvalue weighted by molar-refractivity contribution is 0.103. The molecule has 1 N–H and O–H groups in total. The van der Waals surface area contributed by atoms with Gasteiger partial charge < -0.3 is 9.84 Å². The molecule has 136 valence electrons. The van der Waals surface area contributed by atoms with Crippen molar-refractivity contribution in [2.45, 2.75) is 13.5 Å². The van der Waals surface area contributed by atoms with Crippen LogP contribution in [0.5, 0.6) is 11.8 Å².